The van der Waals surface area contributed by atoms with E-state index in [9.17, 15) is 29.1 Å². The maximum Gasteiger partial charge on any atom is 0.436 e. The molecule has 2 rings (SSSR count). The predicted molar refractivity (Wildman–Crippen MR) is 135 cm³/mol. The van der Waals surface area contributed by atoms with Crippen LogP contribution in [-0.4, -0.2) is 45.9 Å². The highest BCUT2D eigenvalue weighted by atomic mass is 35.5. The van der Waals surface area contributed by atoms with Gasteiger partial charge >= 0.3 is 12.1 Å². The number of rotatable bonds is 9. The van der Waals surface area contributed by atoms with E-state index < -0.39 is 41.7 Å². The fourth-order valence-electron chi connectivity index (χ4n) is 3.39. The number of amides is 4. The molecule has 0 aliphatic carbocycles. The van der Waals surface area contributed by atoms with E-state index in [0.29, 0.717) is 5.56 Å². The molecule has 0 aromatic heterocycles. The van der Waals surface area contributed by atoms with E-state index in [1.165, 1.54) is 25.1 Å². The molecule has 1 unspecified atom stereocenters. The lowest BCUT2D eigenvalue weighted by Crippen LogP contribution is -2.56. The van der Waals surface area contributed by atoms with Crippen molar-refractivity contribution >= 4 is 47.1 Å². The van der Waals surface area contributed by atoms with E-state index >= 15 is 0 Å². The molecule has 0 heterocycles. The molecular weight excluding hydrogens is 504 g/mol. The van der Waals surface area contributed by atoms with Crippen molar-refractivity contribution in [3.8, 4) is 0 Å². The summed E-state index contributed by atoms with van der Waals surface area (Å²) in [6.45, 7) is 4.57. The van der Waals surface area contributed by atoms with E-state index in [1.54, 1.807) is 30.3 Å². The summed E-state index contributed by atoms with van der Waals surface area (Å²) in [6.07, 6.45) is -1.11. The molecule has 0 aliphatic rings. The van der Waals surface area contributed by atoms with Crippen molar-refractivity contribution in [3.63, 3.8) is 0 Å². The zero-order chi connectivity index (χ0) is 27.7. The average Bonchev–Trinajstić information content (AvgIpc) is 2.82. The summed E-state index contributed by atoms with van der Waals surface area (Å²) in [5.41, 5.74) is 8.24. The molecule has 0 bridgehead atoms. The van der Waals surface area contributed by atoms with Crippen LogP contribution in [-0.2, 0) is 30.5 Å². The van der Waals surface area contributed by atoms with Gasteiger partial charge in [0.2, 0.25) is 5.91 Å². The lowest BCUT2D eigenvalue weighted by atomic mass is 9.95. The zero-order valence-corrected chi connectivity index (χ0v) is 21.3. The zero-order valence-electron chi connectivity index (χ0n) is 20.6. The maximum absolute atomic E-state index is 13.5. The smallest absolute Gasteiger partial charge is 0.436 e. The van der Waals surface area contributed by atoms with Crippen molar-refractivity contribution in [2.24, 2.45) is 11.7 Å². The number of hydrogen-bond donors (Lipinski definition) is 4. The molecule has 0 spiro atoms. The summed E-state index contributed by atoms with van der Waals surface area (Å²) >= 11 is 6.23. The summed E-state index contributed by atoms with van der Waals surface area (Å²) in [7, 11) is 0. The molecule has 11 nitrogen and oxygen atoms in total. The monoisotopic (exact) mass is 532 g/mol. The second kappa shape index (κ2) is 13.4. The van der Waals surface area contributed by atoms with Gasteiger partial charge in [-0.1, -0.05) is 61.8 Å². The van der Waals surface area contributed by atoms with Crippen molar-refractivity contribution in [1.29, 1.82) is 0 Å². The number of carboxylic acids is 1. The average molecular weight is 533 g/mol. The molecule has 198 valence electrons. The number of nitrogens with zero attached hydrogens (tertiary/aromatic N) is 1. The van der Waals surface area contributed by atoms with Crippen LogP contribution in [0.3, 0.4) is 0 Å². The van der Waals surface area contributed by atoms with Crippen LogP contribution in [0.25, 0.3) is 0 Å². The minimum Gasteiger partial charge on any atom is -0.480 e. The van der Waals surface area contributed by atoms with Gasteiger partial charge in [0.1, 0.15) is 6.61 Å². The molecule has 37 heavy (non-hydrogen) atoms. The number of carbonyl (C=O) groups is 5. The second-order valence-corrected chi connectivity index (χ2v) is 8.99. The first kappa shape index (κ1) is 29.3. The topological polar surface area (TPSA) is 168 Å². The van der Waals surface area contributed by atoms with E-state index in [4.69, 9.17) is 22.1 Å². The summed E-state index contributed by atoms with van der Waals surface area (Å²) in [5.74, 6) is -6.59. The Bertz CT molecular complexity index is 1160. The third-order valence-electron chi connectivity index (χ3n) is 5.04. The Hall–Kier alpha value is -3.96. The lowest BCUT2D eigenvalue weighted by Gasteiger charge is -2.26. The quantitative estimate of drug-likeness (QED) is 0.282. The molecule has 2 atom stereocenters. The number of aliphatic carboxylic acids is 1. The number of carbonyl (C=O) groups excluding carboxylic acids is 4. The first-order valence-electron chi connectivity index (χ1n) is 11.3. The fraction of sp³-hybridized carbons (Fsp3) is 0.320. The third-order valence-corrected chi connectivity index (χ3v) is 5.37. The van der Waals surface area contributed by atoms with Gasteiger partial charge in [0.05, 0.1) is 6.04 Å². The fourth-order valence-corrected chi connectivity index (χ4v) is 3.68. The van der Waals surface area contributed by atoms with E-state index in [-0.39, 0.29) is 40.2 Å². The van der Waals surface area contributed by atoms with Crippen LogP contribution < -0.4 is 16.5 Å². The van der Waals surface area contributed by atoms with Crippen LogP contribution in [0.5, 0.6) is 0 Å². The number of halogens is 1. The summed E-state index contributed by atoms with van der Waals surface area (Å²) in [6, 6.07) is 11.5. The van der Waals surface area contributed by atoms with Gasteiger partial charge in [-0.05, 0) is 30.0 Å². The number of ether oxygens (including phenoxy) is 1. The molecule has 0 radical (unpaired) electrons. The maximum atomic E-state index is 13.5. The molecule has 0 saturated heterocycles. The highest BCUT2D eigenvalue weighted by Crippen LogP contribution is 2.33. The van der Waals surface area contributed by atoms with E-state index in [1.807, 2.05) is 13.8 Å². The number of hydrogen-bond acceptors (Lipinski definition) is 7. The SMILES string of the molecule is CC(=O)Nc1cccc(Cl)c1C(C(=O)O)C(=O)N(NC(=O)[C@@H](N)CC(C)C)C(=O)OCc1ccccc1. The van der Waals surface area contributed by atoms with Gasteiger partial charge in [0, 0.05) is 23.2 Å². The highest BCUT2D eigenvalue weighted by molar-refractivity contribution is 6.33. The van der Waals surface area contributed by atoms with Gasteiger partial charge in [0.25, 0.3) is 11.8 Å². The third kappa shape index (κ3) is 8.29. The molecule has 12 heteroatoms. The lowest BCUT2D eigenvalue weighted by molar-refractivity contribution is -0.150. The molecule has 4 amide bonds. The van der Waals surface area contributed by atoms with Crippen LogP contribution in [0.2, 0.25) is 5.02 Å². The molecule has 5 N–H and O–H groups in total. The minimum absolute atomic E-state index is 0.0186. The molecule has 0 saturated carbocycles. The van der Waals surface area contributed by atoms with Gasteiger partial charge < -0.3 is 20.9 Å². The molecule has 0 aliphatic heterocycles. The predicted octanol–water partition coefficient (Wildman–Crippen LogP) is 3.04. The van der Waals surface area contributed by atoms with E-state index in [0.717, 1.165) is 0 Å². The minimum atomic E-state index is -2.10. The van der Waals surface area contributed by atoms with Crippen molar-refractivity contribution in [3.05, 3.63) is 64.7 Å². The van der Waals surface area contributed by atoms with Gasteiger partial charge in [-0.2, -0.15) is 5.01 Å². The first-order chi connectivity index (χ1) is 17.4. The highest BCUT2D eigenvalue weighted by Gasteiger charge is 2.40. The van der Waals surface area contributed by atoms with Crippen LogP contribution in [0.1, 0.15) is 44.2 Å². The first-order valence-corrected chi connectivity index (χ1v) is 11.7. The Kier molecular flexibility index (Phi) is 10.6. The van der Waals surface area contributed by atoms with E-state index in [2.05, 4.69) is 10.7 Å². The van der Waals surface area contributed by atoms with Gasteiger partial charge in [-0.25, -0.2) is 4.79 Å². The summed E-state index contributed by atoms with van der Waals surface area (Å²) in [5, 5.41) is 12.4. The van der Waals surface area contributed by atoms with Gasteiger partial charge in [-0.3, -0.25) is 24.6 Å². The van der Waals surface area contributed by atoms with Gasteiger partial charge in [-0.15, -0.1) is 0 Å². The standard InChI is InChI=1S/C25H29ClN4O7/c1-14(2)12-18(27)22(32)29-30(25(36)37-13-16-8-5-4-6-9-16)23(33)21(24(34)35)20-17(26)10-7-11-19(20)28-15(3)31/h4-11,14,18,21H,12-13,27H2,1-3H3,(H,28,31)(H,29,32)(H,34,35)/t18-,21?/m0/s1. The van der Waals surface area contributed by atoms with Gasteiger partial charge in [0.15, 0.2) is 5.92 Å². The Morgan fingerprint density at radius 2 is 1.70 bits per heavy atom. The number of benzene rings is 2. The number of hydrazine groups is 1. The summed E-state index contributed by atoms with van der Waals surface area (Å²) < 4.78 is 5.18. The Labute approximate surface area is 218 Å². The van der Waals surface area contributed by atoms with Crippen molar-refractivity contribution < 1.29 is 33.8 Å². The van der Waals surface area contributed by atoms with Crippen LogP contribution in [0.15, 0.2) is 48.5 Å². The molecule has 0 fully saturated rings. The number of anilines is 1. The number of nitrogens with one attached hydrogen (secondary N) is 2. The summed E-state index contributed by atoms with van der Waals surface area (Å²) in [4.78, 5) is 63.2. The van der Waals surface area contributed by atoms with Crippen molar-refractivity contribution in [1.82, 2.24) is 10.4 Å². The normalized spacial score (nSPS) is 12.3. The van der Waals surface area contributed by atoms with Crippen molar-refractivity contribution in [2.75, 3.05) is 5.32 Å². The molecule has 2 aromatic carbocycles. The number of carboxylic acid groups (broad SMARTS) is 1. The Morgan fingerprint density at radius 3 is 2.27 bits per heavy atom. The number of imide groups is 1. The Morgan fingerprint density at radius 1 is 1.05 bits per heavy atom. The molecule has 2 aromatic rings. The largest absolute Gasteiger partial charge is 0.480 e. The Balaban J connectivity index is 2.47. The van der Waals surface area contributed by atoms with Crippen molar-refractivity contribution in [2.45, 2.75) is 45.8 Å². The molecular formula is C25H29ClN4O7. The van der Waals surface area contributed by atoms with Crippen LogP contribution in [0.4, 0.5) is 10.5 Å². The van der Waals surface area contributed by atoms with Crippen LogP contribution >= 0.6 is 11.6 Å². The van der Waals surface area contributed by atoms with Crippen LogP contribution in [0, 0.1) is 5.92 Å². The second-order valence-electron chi connectivity index (χ2n) is 8.58. The number of nitrogens with two attached hydrogens (primary N) is 1.